The minimum absolute atomic E-state index is 0.0646. The van der Waals surface area contributed by atoms with Crippen molar-refractivity contribution in [3.05, 3.63) is 72.1 Å². The van der Waals surface area contributed by atoms with E-state index in [1.807, 2.05) is 36.5 Å². The van der Waals surface area contributed by atoms with E-state index in [0.717, 1.165) is 11.3 Å². The Hall–Kier alpha value is -3.61. The van der Waals surface area contributed by atoms with Crippen LogP contribution in [0.1, 0.15) is 22.8 Å². The Labute approximate surface area is 169 Å². The Kier molecular flexibility index (Phi) is 6.63. The minimum atomic E-state index is -0.226. The summed E-state index contributed by atoms with van der Waals surface area (Å²) in [5.41, 5.74) is 2.63. The van der Waals surface area contributed by atoms with E-state index >= 15 is 0 Å². The highest BCUT2D eigenvalue weighted by molar-refractivity contribution is 5.94. The van der Waals surface area contributed by atoms with Crippen molar-refractivity contribution in [3.63, 3.8) is 0 Å². The number of hydrogen-bond acceptors (Lipinski definition) is 5. The molecule has 0 unspecified atom stereocenters. The maximum Gasteiger partial charge on any atom is 0.257 e. The number of rotatable bonds is 9. The van der Waals surface area contributed by atoms with E-state index in [1.165, 1.54) is 14.0 Å². The summed E-state index contributed by atoms with van der Waals surface area (Å²) in [6.45, 7) is 1.85. The Morgan fingerprint density at radius 3 is 2.55 bits per heavy atom. The summed E-state index contributed by atoms with van der Waals surface area (Å²) < 4.78 is 12.5. The number of ether oxygens (including phenoxy) is 2. The largest absolute Gasteiger partial charge is 0.493 e. The van der Waals surface area contributed by atoms with E-state index in [2.05, 4.69) is 10.4 Å². The van der Waals surface area contributed by atoms with Crippen molar-refractivity contribution >= 4 is 11.7 Å². The lowest BCUT2D eigenvalue weighted by Gasteiger charge is -2.12. The Morgan fingerprint density at radius 1 is 1.10 bits per heavy atom. The van der Waals surface area contributed by atoms with Crippen LogP contribution in [0.5, 0.6) is 11.5 Å². The molecular formula is C22H23N3O4. The lowest BCUT2D eigenvalue weighted by atomic mass is 10.1. The van der Waals surface area contributed by atoms with Crippen LogP contribution >= 0.6 is 0 Å². The van der Waals surface area contributed by atoms with Crippen molar-refractivity contribution < 1.29 is 19.1 Å². The summed E-state index contributed by atoms with van der Waals surface area (Å²) in [6, 6.07) is 14.8. The first-order chi connectivity index (χ1) is 14.1. The molecule has 2 aromatic carbocycles. The maximum atomic E-state index is 12.0. The van der Waals surface area contributed by atoms with Crippen molar-refractivity contribution in [2.24, 2.45) is 0 Å². The van der Waals surface area contributed by atoms with Crippen LogP contribution in [0.4, 0.5) is 0 Å². The maximum absolute atomic E-state index is 12.0. The van der Waals surface area contributed by atoms with E-state index in [1.54, 1.807) is 29.1 Å². The second-order valence-electron chi connectivity index (χ2n) is 6.43. The third kappa shape index (κ3) is 5.44. The van der Waals surface area contributed by atoms with Crippen LogP contribution in [0.2, 0.25) is 0 Å². The van der Waals surface area contributed by atoms with Crippen molar-refractivity contribution in [2.45, 2.75) is 13.3 Å². The van der Waals surface area contributed by atoms with Crippen LogP contribution in [0.25, 0.3) is 5.69 Å². The number of amides is 1. The van der Waals surface area contributed by atoms with E-state index < -0.39 is 0 Å². The van der Waals surface area contributed by atoms with E-state index in [9.17, 15) is 9.59 Å². The van der Waals surface area contributed by atoms with Gasteiger partial charge in [-0.2, -0.15) is 5.10 Å². The Morgan fingerprint density at radius 2 is 1.90 bits per heavy atom. The fourth-order valence-electron chi connectivity index (χ4n) is 2.78. The molecule has 3 aromatic rings. The van der Waals surface area contributed by atoms with Gasteiger partial charge < -0.3 is 14.8 Å². The average molecular weight is 393 g/mol. The quantitative estimate of drug-likeness (QED) is 0.565. The van der Waals surface area contributed by atoms with Gasteiger partial charge in [0.1, 0.15) is 0 Å². The van der Waals surface area contributed by atoms with Gasteiger partial charge in [0.25, 0.3) is 5.91 Å². The molecule has 29 heavy (non-hydrogen) atoms. The summed E-state index contributed by atoms with van der Waals surface area (Å²) >= 11 is 0. The number of nitrogens with one attached hydrogen (secondary N) is 1. The van der Waals surface area contributed by atoms with Gasteiger partial charge in [-0.15, -0.1) is 0 Å². The van der Waals surface area contributed by atoms with E-state index in [4.69, 9.17) is 9.47 Å². The number of ketones is 1. The molecule has 0 saturated heterocycles. The van der Waals surface area contributed by atoms with Gasteiger partial charge in [-0.05, 0) is 55.3 Å². The molecular weight excluding hydrogens is 370 g/mol. The highest BCUT2D eigenvalue weighted by Crippen LogP contribution is 2.28. The van der Waals surface area contributed by atoms with Crippen LogP contribution in [-0.4, -0.2) is 41.7 Å². The zero-order chi connectivity index (χ0) is 20.6. The third-order valence-corrected chi connectivity index (χ3v) is 4.37. The highest BCUT2D eigenvalue weighted by atomic mass is 16.5. The van der Waals surface area contributed by atoms with Crippen LogP contribution < -0.4 is 14.8 Å². The number of benzene rings is 2. The normalized spacial score (nSPS) is 10.4. The van der Waals surface area contributed by atoms with Gasteiger partial charge in [-0.25, -0.2) is 4.68 Å². The summed E-state index contributed by atoms with van der Waals surface area (Å²) in [4.78, 5) is 23.5. The first-order valence-corrected chi connectivity index (χ1v) is 9.24. The third-order valence-electron chi connectivity index (χ3n) is 4.37. The zero-order valence-electron chi connectivity index (χ0n) is 16.4. The lowest BCUT2D eigenvalue weighted by Crippen LogP contribution is -2.30. The molecule has 1 aromatic heterocycles. The van der Waals surface area contributed by atoms with Crippen molar-refractivity contribution in [1.82, 2.24) is 15.1 Å². The SMILES string of the molecule is COc1cc(C(C)=O)ccc1OCC(=O)NCCc1ccc(-n2cccn2)cc1. The summed E-state index contributed by atoms with van der Waals surface area (Å²) in [7, 11) is 1.49. The number of Topliss-reactive ketones (excluding diaryl/α,β-unsaturated/α-hetero) is 1. The van der Waals surface area contributed by atoms with Crippen LogP contribution in [0, 0.1) is 0 Å². The van der Waals surface area contributed by atoms with Gasteiger partial charge in [-0.3, -0.25) is 9.59 Å². The molecule has 0 aliphatic heterocycles. The second-order valence-corrected chi connectivity index (χ2v) is 6.43. The topological polar surface area (TPSA) is 82.5 Å². The first-order valence-electron chi connectivity index (χ1n) is 9.24. The van der Waals surface area contributed by atoms with E-state index in [0.29, 0.717) is 30.0 Å². The van der Waals surface area contributed by atoms with Crippen molar-refractivity contribution in [2.75, 3.05) is 20.3 Å². The number of aromatic nitrogens is 2. The molecule has 7 heteroatoms. The first kappa shape index (κ1) is 20.1. The molecule has 0 aliphatic rings. The van der Waals surface area contributed by atoms with Gasteiger partial charge in [-0.1, -0.05) is 12.1 Å². The predicted molar refractivity (Wildman–Crippen MR) is 109 cm³/mol. The number of hydrogen-bond donors (Lipinski definition) is 1. The summed E-state index contributed by atoms with van der Waals surface area (Å²) in [6.07, 6.45) is 4.33. The number of methoxy groups -OCH3 is 1. The molecule has 0 bridgehead atoms. The minimum Gasteiger partial charge on any atom is -0.493 e. The highest BCUT2D eigenvalue weighted by Gasteiger charge is 2.10. The van der Waals surface area contributed by atoms with E-state index in [-0.39, 0.29) is 18.3 Å². The van der Waals surface area contributed by atoms with Gasteiger partial charge in [0.05, 0.1) is 12.8 Å². The summed E-state index contributed by atoms with van der Waals surface area (Å²) in [5, 5.41) is 7.03. The summed E-state index contributed by atoms with van der Waals surface area (Å²) in [5.74, 6) is 0.547. The molecule has 1 amide bonds. The fourth-order valence-corrected chi connectivity index (χ4v) is 2.78. The molecule has 1 N–H and O–H groups in total. The zero-order valence-corrected chi connectivity index (χ0v) is 16.4. The number of carbonyl (C=O) groups excluding carboxylic acids is 2. The van der Waals surface area contributed by atoms with Crippen LogP contribution in [0.3, 0.4) is 0 Å². The smallest absolute Gasteiger partial charge is 0.257 e. The molecule has 150 valence electrons. The van der Waals surface area contributed by atoms with Crippen molar-refractivity contribution in [3.8, 4) is 17.2 Å². The number of carbonyl (C=O) groups is 2. The molecule has 0 saturated carbocycles. The lowest BCUT2D eigenvalue weighted by molar-refractivity contribution is -0.123. The van der Waals surface area contributed by atoms with Crippen LogP contribution in [-0.2, 0) is 11.2 Å². The monoisotopic (exact) mass is 393 g/mol. The molecule has 3 rings (SSSR count). The Bertz CT molecular complexity index is 966. The van der Waals surface area contributed by atoms with Gasteiger partial charge in [0.2, 0.25) is 0 Å². The second kappa shape index (κ2) is 9.54. The molecule has 0 aliphatic carbocycles. The van der Waals surface area contributed by atoms with Crippen molar-refractivity contribution in [1.29, 1.82) is 0 Å². The molecule has 7 nitrogen and oxygen atoms in total. The van der Waals surface area contributed by atoms with Crippen LogP contribution in [0.15, 0.2) is 60.9 Å². The number of nitrogens with zero attached hydrogens (tertiary/aromatic N) is 2. The van der Waals surface area contributed by atoms with Gasteiger partial charge in [0, 0.05) is 24.5 Å². The predicted octanol–water partition coefficient (Wildman–Crippen LogP) is 2.82. The molecule has 0 spiro atoms. The fraction of sp³-hybridized carbons (Fsp3) is 0.227. The Balaban J connectivity index is 1.45. The van der Waals surface area contributed by atoms with Gasteiger partial charge >= 0.3 is 0 Å². The van der Waals surface area contributed by atoms with Gasteiger partial charge in [0.15, 0.2) is 23.9 Å². The molecule has 0 radical (unpaired) electrons. The molecule has 1 heterocycles. The molecule has 0 fully saturated rings. The average Bonchev–Trinajstić information content (AvgIpc) is 3.27. The standard InChI is InChI=1S/C22H23N3O4/c1-16(26)18-6-9-20(21(14-18)28-2)29-15-22(27)23-12-10-17-4-7-19(8-5-17)25-13-3-11-24-25/h3-9,11,13-14H,10,12,15H2,1-2H3,(H,23,27). The molecule has 0 atom stereocenters.